The number of aromatic nitrogens is 3. The molecule has 6 nitrogen and oxygen atoms in total. The lowest BCUT2D eigenvalue weighted by Gasteiger charge is -2.26. The van der Waals surface area contributed by atoms with E-state index in [0.29, 0.717) is 37.2 Å². The van der Waals surface area contributed by atoms with Crippen LogP contribution in [0.5, 0.6) is 5.75 Å². The molecule has 1 aliphatic rings. The topological polar surface area (TPSA) is 50.4 Å². The van der Waals surface area contributed by atoms with Crippen molar-refractivity contribution in [3.63, 3.8) is 0 Å². The molecule has 1 unspecified atom stereocenters. The molecule has 0 saturated carbocycles. The molecular weight excluding hydrogens is 591 g/mol. The molecule has 4 aromatic rings. The second kappa shape index (κ2) is 10.8. The number of alkyl halides is 3. The maximum Gasteiger partial charge on any atom is 0.416 e. The number of halogens is 4. The van der Waals surface area contributed by atoms with Crippen LogP contribution in [0.3, 0.4) is 0 Å². The van der Waals surface area contributed by atoms with Crippen molar-refractivity contribution in [1.29, 1.82) is 0 Å². The third kappa shape index (κ3) is 5.68. The maximum absolute atomic E-state index is 13.8. The minimum Gasteiger partial charge on any atom is -0.495 e. The lowest BCUT2D eigenvalue weighted by molar-refractivity contribution is -0.139. The molecule has 2 aromatic heterocycles. The highest BCUT2D eigenvalue weighted by Gasteiger charge is 2.38. The first-order valence-corrected chi connectivity index (χ1v) is 17.3. The Morgan fingerprint density at radius 2 is 1.92 bits per heavy atom. The fourth-order valence-electron chi connectivity index (χ4n) is 4.87. The average molecular weight is 623 g/mol. The Hall–Kier alpha value is -2.60. The normalized spacial score (nSPS) is 16.1. The Labute approximate surface area is 234 Å². The Balaban J connectivity index is 1.58. The molecule has 0 bridgehead atoms. The van der Waals surface area contributed by atoms with Crippen LogP contribution >= 0.6 is 15.9 Å². The zero-order valence-corrected chi connectivity index (χ0v) is 24.9. The van der Waals surface area contributed by atoms with Crippen molar-refractivity contribution in [2.24, 2.45) is 0 Å². The molecule has 0 aliphatic carbocycles. The van der Waals surface area contributed by atoms with Crippen LogP contribution in [-0.2, 0) is 28.9 Å². The Kier molecular flexibility index (Phi) is 7.71. The third-order valence-electron chi connectivity index (χ3n) is 6.88. The van der Waals surface area contributed by atoms with Crippen LogP contribution in [0.4, 0.5) is 13.2 Å². The Morgan fingerprint density at radius 3 is 2.64 bits per heavy atom. The molecule has 0 fully saturated rings. The highest BCUT2D eigenvalue weighted by atomic mass is 79.9. The number of hydrogen-bond donors (Lipinski definition) is 0. The van der Waals surface area contributed by atoms with Crippen molar-refractivity contribution in [1.82, 2.24) is 14.1 Å². The number of rotatable bonds is 8. The summed E-state index contributed by atoms with van der Waals surface area (Å²) in [6, 6.07) is 12.5. The van der Waals surface area contributed by atoms with Crippen molar-refractivity contribution >= 4 is 34.9 Å². The lowest BCUT2D eigenvalue weighted by Crippen LogP contribution is -2.24. The number of ether oxygens (including phenoxy) is 3. The van der Waals surface area contributed by atoms with E-state index in [-0.39, 0.29) is 12.2 Å². The van der Waals surface area contributed by atoms with E-state index in [1.807, 2.05) is 33.5 Å². The molecule has 3 heterocycles. The summed E-state index contributed by atoms with van der Waals surface area (Å²) >= 11 is 3.57. The van der Waals surface area contributed by atoms with Gasteiger partial charge < -0.3 is 23.3 Å². The fraction of sp³-hybridized carbons (Fsp3) is 0.393. The molecule has 0 N–H and O–H groups in total. The summed E-state index contributed by atoms with van der Waals surface area (Å²) in [5.74, 6) is 1.14. The SMILES string of the molecule is COc1c(Br)ccc2c1cc(-c1cn3c(n1)C(c1ccccc1C(F)(F)F)OCC3)n2COCC[Si](C)(C)C. The minimum atomic E-state index is -4.50. The van der Waals surface area contributed by atoms with Crippen LogP contribution in [0.1, 0.15) is 23.1 Å². The van der Waals surface area contributed by atoms with Gasteiger partial charge in [-0.1, -0.05) is 37.8 Å². The van der Waals surface area contributed by atoms with Gasteiger partial charge in [-0.2, -0.15) is 13.2 Å². The summed E-state index contributed by atoms with van der Waals surface area (Å²) < 4.78 is 64.0. The maximum atomic E-state index is 13.8. The van der Waals surface area contributed by atoms with E-state index < -0.39 is 25.9 Å². The van der Waals surface area contributed by atoms with Crippen LogP contribution < -0.4 is 4.74 Å². The van der Waals surface area contributed by atoms with E-state index in [2.05, 4.69) is 35.6 Å². The molecule has 5 rings (SSSR count). The molecule has 0 saturated heterocycles. The van der Waals surface area contributed by atoms with Gasteiger partial charge in [0.05, 0.1) is 35.0 Å². The first kappa shape index (κ1) is 27.9. The second-order valence-corrected chi connectivity index (χ2v) is 17.3. The smallest absolute Gasteiger partial charge is 0.416 e. The van der Waals surface area contributed by atoms with Gasteiger partial charge in [-0.3, -0.25) is 0 Å². The number of benzene rings is 2. The van der Waals surface area contributed by atoms with E-state index in [1.54, 1.807) is 13.2 Å². The van der Waals surface area contributed by atoms with Gasteiger partial charge in [0.25, 0.3) is 0 Å². The van der Waals surface area contributed by atoms with E-state index in [1.165, 1.54) is 12.1 Å². The monoisotopic (exact) mass is 621 g/mol. The molecule has 0 radical (unpaired) electrons. The molecule has 2 aromatic carbocycles. The zero-order valence-electron chi connectivity index (χ0n) is 22.3. The molecule has 1 aliphatic heterocycles. The minimum absolute atomic E-state index is 0.0592. The highest BCUT2D eigenvalue weighted by molar-refractivity contribution is 9.10. The van der Waals surface area contributed by atoms with Gasteiger partial charge in [-0.25, -0.2) is 4.98 Å². The summed E-state index contributed by atoms with van der Waals surface area (Å²) in [6.07, 6.45) is -3.55. The van der Waals surface area contributed by atoms with E-state index in [9.17, 15) is 13.2 Å². The highest BCUT2D eigenvalue weighted by Crippen LogP contribution is 2.41. The fourth-order valence-corrected chi connectivity index (χ4v) is 6.14. The molecule has 0 spiro atoms. The Bertz CT molecular complexity index is 1490. The lowest BCUT2D eigenvalue weighted by atomic mass is 10.0. The van der Waals surface area contributed by atoms with Gasteiger partial charge in [0.2, 0.25) is 0 Å². The number of nitrogens with zero attached hydrogens (tertiary/aromatic N) is 3. The molecule has 1 atom stereocenters. The number of hydrogen-bond acceptors (Lipinski definition) is 4. The average Bonchev–Trinajstić information content (AvgIpc) is 3.47. The van der Waals surface area contributed by atoms with Gasteiger partial charge >= 0.3 is 6.18 Å². The standard InChI is InChI=1S/C28H31BrF3N3O3Si/c1-36-25-19-15-24(35(23(19)10-9-21(25)29)17-37-13-14-39(2,3)4)22-16-34-11-12-38-26(27(34)33-22)18-7-5-6-8-20(18)28(30,31)32/h5-10,15-16,26H,11-14,17H2,1-4H3. The first-order valence-electron chi connectivity index (χ1n) is 12.8. The number of fused-ring (bicyclic) bond motifs is 2. The zero-order chi connectivity index (χ0) is 27.9. The quantitative estimate of drug-likeness (QED) is 0.149. The van der Waals surface area contributed by atoms with Crippen LogP contribution in [0.15, 0.2) is 53.1 Å². The van der Waals surface area contributed by atoms with Gasteiger partial charge in [-0.05, 0) is 46.2 Å². The Morgan fingerprint density at radius 1 is 1.15 bits per heavy atom. The molecule has 39 heavy (non-hydrogen) atoms. The number of imidazole rings is 1. The second-order valence-electron chi connectivity index (χ2n) is 10.8. The molecular formula is C28H31BrF3N3O3Si. The van der Waals surface area contributed by atoms with Crippen molar-refractivity contribution in [2.75, 3.05) is 20.3 Å². The largest absolute Gasteiger partial charge is 0.495 e. The van der Waals surface area contributed by atoms with Gasteiger partial charge in [0, 0.05) is 38.4 Å². The van der Waals surface area contributed by atoms with Crippen molar-refractivity contribution < 1.29 is 27.4 Å². The van der Waals surface area contributed by atoms with Crippen LogP contribution in [0, 0.1) is 0 Å². The van der Waals surface area contributed by atoms with Crippen LogP contribution in [-0.4, -0.2) is 42.5 Å². The summed E-state index contributed by atoms with van der Waals surface area (Å²) in [5, 5.41) is 0.886. The third-order valence-corrected chi connectivity index (χ3v) is 9.21. The van der Waals surface area contributed by atoms with Crippen molar-refractivity contribution in [3.05, 3.63) is 70.1 Å². The van der Waals surface area contributed by atoms with E-state index >= 15 is 0 Å². The summed E-state index contributed by atoms with van der Waals surface area (Å²) in [5.41, 5.74) is 1.68. The predicted molar refractivity (Wildman–Crippen MR) is 151 cm³/mol. The molecule has 0 amide bonds. The van der Waals surface area contributed by atoms with Gasteiger partial charge in [0.1, 0.15) is 30.1 Å². The molecule has 208 valence electrons. The van der Waals surface area contributed by atoms with E-state index in [0.717, 1.165) is 33.2 Å². The summed E-state index contributed by atoms with van der Waals surface area (Å²) in [6.45, 7) is 8.65. The van der Waals surface area contributed by atoms with Crippen LogP contribution in [0.25, 0.3) is 22.3 Å². The number of methoxy groups -OCH3 is 1. The summed E-state index contributed by atoms with van der Waals surface area (Å²) in [7, 11) is 0.353. The predicted octanol–water partition coefficient (Wildman–Crippen LogP) is 7.73. The van der Waals surface area contributed by atoms with Crippen LogP contribution in [0.2, 0.25) is 25.7 Å². The molecule has 11 heteroatoms. The van der Waals surface area contributed by atoms with E-state index in [4.69, 9.17) is 19.2 Å². The van der Waals surface area contributed by atoms with Crippen molar-refractivity contribution in [2.45, 2.75) is 51.2 Å². The van der Waals surface area contributed by atoms with Gasteiger partial charge in [0.15, 0.2) is 0 Å². The first-order chi connectivity index (χ1) is 18.5. The van der Waals surface area contributed by atoms with Gasteiger partial charge in [-0.15, -0.1) is 0 Å². The van der Waals surface area contributed by atoms with Crippen molar-refractivity contribution in [3.8, 4) is 17.1 Å². The summed E-state index contributed by atoms with van der Waals surface area (Å²) in [4.78, 5) is 4.85.